The number of furan rings is 1. The van der Waals surface area contributed by atoms with Gasteiger partial charge in [0.2, 0.25) is 0 Å². The first-order chi connectivity index (χ1) is 25.4. The molecule has 0 atom stereocenters. The largest absolute Gasteiger partial charge is 0.455 e. The minimum atomic E-state index is 0.265. The first-order valence-corrected chi connectivity index (χ1v) is 18.4. The molecule has 0 aliphatic carbocycles. The summed E-state index contributed by atoms with van der Waals surface area (Å²) in [5.74, 6) is 1.42. The Bertz CT molecular complexity index is 2990. The maximum atomic E-state index is 6.95. The third-order valence-corrected chi connectivity index (χ3v) is 10.9. The number of imidazole rings is 1. The van der Waals surface area contributed by atoms with E-state index in [1.807, 2.05) is 0 Å². The summed E-state index contributed by atoms with van der Waals surface area (Å²) in [6, 6.07) is 52.7. The second kappa shape index (κ2) is 11.7. The van der Waals surface area contributed by atoms with Crippen LogP contribution in [0.3, 0.4) is 0 Å². The number of aromatic nitrogens is 2. The highest BCUT2D eigenvalue weighted by Crippen LogP contribution is 2.44. The Morgan fingerprint density at radius 1 is 0.500 bits per heavy atom. The molecule has 0 saturated heterocycles. The topological polar surface area (TPSA) is 31.0 Å². The predicted molar refractivity (Wildman–Crippen MR) is 220 cm³/mol. The smallest absolute Gasteiger partial charge is 0.149 e. The van der Waals surface area contributed by atoms with Gasteiger partial charge in [0.15, 0.2) is 0 Å². The monoisotopic (exact) mass is 670 g/mol. The van der Waals surface area contributed by atoms with E-state index >= 15 is 0 Å². The van der Waals surface area contributed by atoms with Gasteiger partial charge in [0.1, 0.15) is 17.0 Å². The Morgan fingerprint density at radius 2 is 1.13 bits per heavy atom. The summed E-state index contributed by atoms with van der Waals surface area (Å²) in [5.41, 5.74) is 11.1. The van der Waals surface area contributed by atoms with Gasteiger partial charge in [-0.2, -0.15) is 0 Å². The van der Waals surface area contributed by atoms with Gasteiger partial charge in [0.05, 0.1) is 22.3 Å². The molecule has 0 saturated carbocycles. The lowest BCUT2D eigenvalue weighted by Gasteiger charge is -2.24. The number of benzene rings is 8. The summed E-state index contributed by atoms with van der Waals surface area (Å²) in [5, 5.41) is 9.47. The molecule has 0 amide bonds. The molecular formula is C49H38N2O. The molecule has 2 aromatic heterocycles. The number of rotatable bonds is 5. The van der Waals surface area contributed by atoms with Crippen LogP contribution in [0, 0.1) is 0 Å². The van der Waals surface area contributed by atoms with Crippen LogP contribution in [0.5, 0.6) is 0 Å². The molecule has 8 aromatic carbocycles. The minimum Gasteiger partial charge on any atom is -0.455 e. The van der Waals surface area contributed by atoms with Gasteiger partial charge in [-0.3, -0.25) is 4.57 Å². The van der Waals surface area contributed by atoms with Crippen molar-refractivity contribution in [3.8, 4) is 28.2 Å². The van der Waals surface area contributed by atoms with Crippen molar-refractivity contribution in [1.82, 2.24) is 9.55 Å². The molecule has 0 aliphatic heterocycles. The van der Waals surface area contributed by atoms with Crippen LogP contribution in [-0.4, -0.2) is 9.55 Å². The quantitative estimate of drug-likeness (QED) is 0.171. The van der Waals surface area contributed by atoms with Crippen molar-refractivity contribution < 1.29 is 4.42 Å². The molecule has 0 spiro atoms. The van der Waals surface area contributed by atoms with E-state index in [0.717, 1.165) is 44.4 Å². The van der Waals surface area contributed by atoms with Crippen LogP contribution in [0.25, 0.3) is 93.5 Å². The highest BCUT2D eigenvalue weighted by Gasteiger charge is 2.26. The fourth-order valence-electron chi connectivity index (χ4n) is 8.33. The van der Waals surface area contributed by atoms with Gasteiger partial charge < -0.3 is 4.42 Å². The van der Waals surface area contributed by atoms with Crippen LogP contribution >= 0.6 is 0 Å². The maximum absolute atomic E-state index is 6.95. The minimum absolute atomic E-state index is 0.265. The van der Waals surface area contributed by atoms with E-state index in [1.54, 1.807) is 0 Å². The zero-order valence-electron chi connectivity index (χ0n) is 29.8. The molecule has 250 valence electrons. The molecular weight excluding hydrogens is 633 g/mol. The Morgan fingerprint density at radius 3 is 1.88 bits per heavy atom. The Balaban J connectivity index is 1.33. The molecule has 10 rings (SSSR count). The summed E-state index contributed by atoms with van der Waals surface area (Å²) in [7, 11) is 0. The van der Waals surface area contributed by atoms with E-state index in [2.05, 4.69) is 178 Å². The van der Waals surface area contributed by atoms with E-state index in [0.29, 0.717) is 0 Å². The predicted octanol–water partition coefficient (Wildman–Crippen LogP) is 14.0. The zero-order valence-corrected chi connectivity index (χ0v) is 29.8. The average Bonchev–Trinajstić information content (AvgIpc) is 3.75. The first-order valence-electron chi connectivity index (χ1n) is 18.4. The fourth-order valence-corrected chi connectivity index (χ4v) is 8.33. The molecule has 52 heavy (non-hydrogen) atoms. The van der Waals surface area contributed by atoms with Crippen molar-refractivity contribution in [2.45, 2.75) is 39.5 Å². The molecule has 3 heteroatoms. The van der Waals surface area contributed by atoms with Gasteiger partial charge in [0.25, 0.3) is 0 Å². The average molecular weight is 671 g/mol. The van der Waals surface area contributed by atoms with E-state index in [-0.39, 0.29) is 11.8 Å². The summed E-state index contributed by atoms with van der Waals surface area (Å²) in [6.07, 6.45) is 0. The van der Waals surface area contributed by atoms with Gasteiger partial charge in [-0.15, -0.1) is 0 Å². The maximum Gasteiger partial charge on any atom is 0.149 e. The van der Waals surface area contributed by atoms with Crippen LogP contribution in [0.15, 0.2) is 150 Å². The van der Waals surface area contributed by atoms with Crippen molar-refractivity contribution in [3.05, 3.63) is 157 Å². The highest BCUT2D eigenvalue weighted by molar-refractivity contribution is 6.18. The molecule has 0 N–H and O–H groups in total. The fraction of sp³-hybridized carbons (Fsp3) is 0.122. The normalized spacial score (nSPS) is 12.2. The Kier molecular flexibility index (Phi) is 6.88. The van der Waals surface area contributed by atoms with Crippen LogP contribution in [-0.2, 0) is 0 Å². The summed E-state index contributed by atoms with van der Waals surface area (Å²) >= 11 is 0. The van der Waals surface area contributed by atoms with E-state index in [4.69, 9.17) is 9.40 Å². The van der Waals surface area contributed by atoms with Gasteiger partial charge in [-0.1, -0.05) is 137 Å². The highest BCUT2D eigenvalue weighted by atomic mass is 16.3. The lowest BCUT2D eigenvalue weighted by molar-refractivity contribution is 0.670. The number of hydrogen-bond acceptors (Lipinski definition) is 2. The second-order valence-electron chi connectivity index (χ2n) is 14.7. The van der Waals surface area contributed by atoms with Crippen LogP contribution < -0.4 is 0 Å². The number of fused-ring (bicyclic) bond motifs is 9. The first kappa shape index (κ1) is 30.6. The molecule has 2 heterocycles. The van der Waals surface area contributed by atoms with E-state index in [9.17, 15) is 0 Å². The van der Waals surface area contributed by atoms with Crippen LogP contribution in [0.2, 0.25) is 0 Å². The third-order valence-electron chi connectivity index (χ3n) is 10.9. The lowest BCUT2D eigenvalue weighted by Crippen LogP contribution is -2.09. The van der Waals surface area contributed by atoms with Crippen molar-refractivity contribution in [2.24, 2.45) is 0 Å². The summed E-state index contributed by atoms with van der Waals surface area (Å²) < 4.78 is 9.41. The zero-order chi connectivity index (χ0) is 35.1. The third kappa shape index (κ3) is 4.62. The van der Waals surface area contributed by atoms with Gasteiger partial charge >= 0.3 is 0 Å². The number of nitrogens with zero attached hydrogens (tertiary/aromatic N) is 2. The van der Waals surface area contributed by atoms with Crippen molar-refractivity contribution in [3.63, 3.8) is 0 Å². The molecule has 0 bridgehead atoms. The molecule has 3 nitrogen and oxygen atoms in total. The molecule has 0 unspecified atom stereocenters. The van der Waals surface area contributed by atoms with Crippen LogP contribution in [0.1, 0.15) is 50.7 Å². The Hall–Kier alpha value is -6.19. The molecule has 0 radical (unpaired) electrons. The standard InChI is InChI=1S/C49H38N2O/c1-29(2)40-26-35(31-13-6-5-7-14-31)27-41(30(3)4)46(40)51-47-37-18-11-9-16-33(37)23-24-44(47)50-49(51)39-20-12-19-38-43-25-34-22-21-32-15-8-10-17-36(32)42(34)28-45(43)52-48(38)39/h5-30H,1-4H3. The summed E-state index contributed by atoms with van der Waals surface area (Å²) in [4.78, 5) is 5.51. The molecule has 10 aromatic rings. The van der Waals surface area contributed by atoms with Crippen molar-refractivity contribution >= 4 is 65.3 Å². The molecule has 0 fully saturated rings. The van der Waals surface area contributed by atoms with E-state index in [1.165, 1.54) is 60.3 Å². The SMILES string of the molecule is CC(C)c1cc(-c2ccccc2)cc(C(C)C)c1-n1c(-c2cccc3c2oc2cc4c(ccc5ccccc54)cc23)nc2ccc3ccccc3c21. The molecule has 0 aliphatic rings. The lowest BCUT2D eigenvalue weighted by atomic mass is 9.88. The van der Waals surface area contributed by atoms with E-state index < -0.39 is 0 Å². The number of hydrogen-bond donors (Lipinski definition) is 0. The number of para-hydroxylation sites is 1. The van der Waals surface area contributed by atoms with Gasteiger partial charge in [0, 0.05) is 16.2 Å². The second-order valence-corrected chi connectivity index (χ2v) is 14.7. The van der Waals surface area contributed by atoms with Gasteiger partial charge in [-0.05, 0) is 97.4 Å². The Labute approximate surface area is 302 Å². The summed E-state index contributed by atoms with van der Waals surface area (Å²) in [6.45, 7) is 9.23. The van der Waals surface area contributed by atoms with Crippen molar-refractivity contribution in [1.29, 1.82) is 0 Å². The van der Waals surface area contributed by atoms with Crippen molar-refractivity contribution in [2.75, 3.05) is 0 Å². The van der Waals surface area contributed by atoms with Crippen LogP contribution in [0.4, 0.5) is 0 Å². The van der Waals surface area contributed by atoms with Gasteiger partial charge in [-0.25, -0.2) is 4.98 Å².